The first-order valence-electron chi connectivity index (χ1n) is 3.03. The van der Waals surface area contributed by atoms with E-state index in [1.54, 1.807) is 0 Å². The molecule has 0 unspecified atom stereocenters. The summed E-state index contributed by atoms with van der Waals surface area (Å²) in [7, 11) is -5.98. The molecule has 0 bridgehead atoms. The molecule has 0 aromatic carbocycles. The Morgan fingerprint density at radius 2 is 1.62 bits per heavy atom. The van der Waals surface area contributed by atoms with Crippen LogP contribution >= 0.6 is 0 Å². The van der Waals surface area contributed by atoms with Gasteiger partial charge in [-0.1, -0.05) is 6.92 Å². The van der Waals surface area contributed by atoms with Crippen molar-refractivity contribution in [3.05, 3.63) is 0 Å². The Labute approximate surface area is 71.6 Å². The van der Waals surface area contributed by atoms with Crippen LogP contribution in [0.4, 0.5) is 13.2 Å². The Hall–Kier alpha value is -0.920. The highest BCUT2D eigenvalue weighted by molar-refractivity contribution is 8.08. The van der Waals surface area contributed by atoms with Gasteiger partial charge in [-0.05, 0) is 0 Å². The largest absolute Gasteiger partial charge is 0.505 e. The molecule has 0 atom stereocenters. The summed E-state index contributed by atoms with van der Waals surface area (Å²) in [6, 6.07) is 0. The van der Waals surface area contributed by atoms with Gasteiger partial charge >= 0.3 is 20.5 Å². The van der Waals surface area contributed by atoms with Gasteiger partial charge in [-0.15, -0.1) is 0 Å². The lowest BCUT2D eigenvalue weighted by Gasteiger charge is -2.04. The second-order valence-electron chi connectivity index (χ2n) is 2.01. The molecular weight excluding hydrogens is 213 g/mol. The van der Waals surface area contributed by atoms with Crippen LogP contribution in [-0.4, -0.2) is 24.8 Å². The third kappa shape index (κ3) is 2.27. The molecule has 0 fully saturated rings. The van der Waals surface area contributed by atoms with Crippen LogP contribution in [0.2, 0.25) is 0 Å². The highest BCUT2D eigenvalue weighted by atomic mass is 32.2. The van der Waals surface area contributed by atoms with Gasteiger partial charge in [0.25, 0.3) is 0 Å². The molecule has 4 nitrogen and oxygen atoms in total. The Balaban J connectivity index is 5.12. The monoisotopic (exact) mass is 218 g/mol. The van der Waals surface area contributed by atoms with Crippen molar-refractivity contribution < 1.29 is 31.2 Å². The molecule has 0 heterocycles. The Morgan fingerprint density at radius 3 is 1.85 bits per heavy atom. The standard InChI is InChI=1S/C5H5F3O4S/c1-2-3(9)4(10)13(11,12)5(6,7)8/h2H2,1H3. The molecule has 13 heavy (non-hydrogen) atoms. The molecule has 0 spiro atoms. The summed E-state index contributed by atoms with van der Waals surface area (Å²) in [4.78, 5) is 20.8. The molecule has 0 aliphatic heterocycles. The first kappa shape index (κ1) is 12.1. The summed E-state index contributed by atoms with van der Waals surface area (Å²) in [6.07, 6.45) is -0.575. The summed E-state index contributed by atoms with van der Waals surface area (Å²) >= 11 is 0. The third-order valence-corrected chi connectivity index (χ3v) is 2.42. The van der Waals surface area contributed by atoms with E-state index in [9.17, 15) is 31.2 Å². The van der Waals surface area contributed by atoms with Gasteiger partial charge in [0, 0.05) is 6.42 Å². The number of Topliss-reactive ketones (excluding diaryl/α,β-unsaturated/α-hetero) is 1. The zero-order valence-electron chi connectivity index (χ0n) is 6.38. The number of rotatable bonds is 2. The average molecular weight is 218 g/mol. The van der Waals surface area contributed by atoms with Crippen LogP contribution in [0.25, 0.3) is 0 Å². The molecule has 0 saturated carbocycles. The molecular formula is C5H5F3O4S. The van der Waals surface area contributed by atoms with Gasteiger partial charge in [0.1, 0.15) is 0 Å². The predicted octanol–water partition coefficient (Wildman–Crippen LogP) is 0.427. The van der Waals surface area contributed by atoms with E-state index in [2.05, 4.69) is 0 Å². The van der Waals surface area contributed by atoms with Crippen molar-refractivity contribution in [3.8, 4) is 0 Å². The van der Waals surface area contributed by atoms with Crippen LogP contribution in [0.5, 0.6) is 0 Å². The SMILES string of the molecule is CCC(=O)C(=O)S(=O)(=O)C(F)(F)F. The maximum atomic E-state index is 11.6. The molecule has 0 radical (unpaired) electrons. The third-order valence-electron chi connectivity index (χ3n) is 1.10. The predicted molar refractivity (Wildman–Crippen MR) is 35.3 cm³/mol. The molecule has 0 aromatic heterocycles. The van der Waals surface area contributed by atoms with E-state index in [1.165, 1.54) is 0 Å². The second-order valence-corrected chi connectivity index (χ2v) is 3.85. The number of carbonyl (C=O) groups excluding carboxylic acids is 2. The molecule has 0 N–H and O–H groups in total. The number of sulfone groups is 1. The summed E-state index contributed by atoms with van der Waals surface area (Å²) in [6.45, 7) is 1.09. The minimum atomic E-state index is -5.98. The quantitative estimate of drug-likeness (QED) is 0.630. The number of carbonyl (C=O) groups is 2. The zero-order valence-corrected chi connectivity index (χ0v) is 7.20. The fourth-order valence-corrected chi connectivity index (χ4v) is 1.05. The molecule has 0 aliphatic carbocycles. The van der Waals surface area contributed by atoms with Gasteiger partial charge in [-0.2, -0.15) is 13.2 Å². The smallest absolute Gasteiger partial charge is 0.290 e. The van der Waals surface area contributed by atoms with E-state index in [0.717, 1.165) is 6.92 Å². The van der Waals surface area contributed by atoms with Gasteiger partial charge in [0.2, 0.25) is 5.78 Å². The van der Waals surface area contributed by atoms with Gasteiger partial charge in [-0.25, -0.2) is 8.42 Å². The lowest BCUT2D eigenvalue weighted by Crippen LogP contribution is -2.35. The molecule has 8 heteroatoms. The first-order valence-corrected chi connectivity index (χ1v) is 4.51. The maximum absolute atomic E-state index is 11.6. The van der Waals surface area contributed by atoms with E-state index >= 15 is 0 Å². The molecule has 0 saturated heterocycles. The van der Waals surface area contributed by atoms with Crippen LogP contribution in [0.1, 0.15) is 13.3 Å². The average Bonchev–Trinajstić information content (AvgIpc) is 1.99. The highest BCUT2D eigenvalue weighted by Crippen LogP contribution is 2.24. The number of alkyl halides is 3. The Bertz CT molecular complexity index is 326. The van der Waals surface area contributed by atoms with Crippen molar-refractivity contribution >= 4 is 20.7 Å². The summed E-state index contributed by atoms with van der Waals surface area (Å²) in [5, 5.41) is -2.40. The maximum Gasteiger partial charge on any atom is 0.505 e. The van der Waals surface area contributed by atoms with Gasteiger partial charge < -0.3 is 0 Å². The van der Waals surface area contributed by atoms with Crippen LogP contribution in [0.3, 0.4) is 0 Å². The lowest BCUT2D eigenvalue weighted by atomic mass is 10.3. The first-order chi connectivity index (χ1) is 5.64. The van der Waals surface area contributed by atoms with E-state index in [4.69, 9.17) is 0 Å². The van der Waals surface area contributed by atoms with Crippen molar-refractivity contribution in [1.29, 1.82) is 0 Å². The number of hydrogen-bond donors (Lipinski definition) is 0. The summed E-state index contributed by atoms with van der Waals surface area (Å²) in [5.74, 6) is -1.57. The van der Waals surface area contributed by atoms with E-state index in [-0.39, 0.29) is 0 Å². The van der Waals surface area contributed by atoms with E-state index in [0.29, 0.717) is 0 Å². The fraction of sp³-hybridized carbons (Fsp3) is 0.600. The van der Waals surface area contributed by atoms with Crippen molar-refractivity contribution in [1.82, 2.24) is 0 Å². The van der Waals surface area contributed by atoms with Crippen LogP contribution in [0, 0.1) is 0 Å². The summed E-state index contributed by atoms with van der Waals surface area (Å²) in [5.41, 5.74) is -5.70. The normalized spacial score (nSPS) is 12.6. The minimum absolute atomic E-state index is 0.575. The van der Waals surface area contributed by atoms with E-state index in [1.807, 2.05) is 0 Å². The van der Waals surface area contributed by atoms with Crippen molar-refractivity contribution in [2.45, 2.75) is 18.9 Å². The Morgan fingerprint density at radius 1 is 1.23 bits per heavy atom. The fourth-order valence-electron chi connectivity index (χ4n) is 0.399. The molecule has 0 aliphatic rings. The highest BCUT2D eigenvalue weighted by Gasteiger charge is 2.52. The molecule has 76 valence electrons. The van der Waals surface area contributed by atoms with Crippen molar-refractivity contribution in [2.75, 3.05) is 0 Å². The lowest BCUT2D eigenvalue weighted by molar-refractivity contribution is -0.132. The number of ketones is 1. The minimum Gasteiger partial charge on any atom is -0.290 e. The van der Waals surface area contributed by atoms with Gasteiger partial charge in [-0.3, -0.25) is 9.59 Å². The summed E-state index contributed by atoms with van der Waals surface area (Å²) < 4.78 is 55.4. The zero-order chi connectivity index (χ0) is 10.9. The van der Waals surface area contributed by atoms with Crippen LogP contribution < -0.4 is 0 Å². The van der Waals surface area contributed by atoms with Gasteiger partial charge in [0.05, 0.1) is 0 Å². The Kier molecular flexibility index (Phi) is 3.20. The molecule has 0 aromatic rings. The second kappa shape index (κ2) is 3.44. The van der Waals surface area contributed by atoms with Crippen molar-refractivity contribution in [2.24, 2.45) is 0 Å². The number of hydrogen-bond acceptors (Lipinski definition) is 4. The molecule has 0 rings (SSSR count). The van der Waals surface area contributed by atoms with E-state index < -0.39 is 32.7 Å². The van der Waals surface area contributed by atoms with Crippen molar-refractivity contribution in [3.63, 3.8) is 0 Å². The van der Waals surface area contributed by atoms with Crippen LogP contribution in [0.15, 0.2) is 0 Å². The molecule has 0 amide bonds. The van der Waals surface area contributed by atoms with Gasteiger partial charge in [0.15, 0.2) is 0 Å². The topological polar surface area (TPSA) is 68.3 Å². The number of halogens is 3. The van der Waals surface area contributed by atoms with Crippen LogP contribution in [-0.2, 0) is 19.4 Å².